The monoisotopic (exact) mass is 299 g/mol. The maximum atomic E-state index is 9.24. The van der Waals surface area contributed by atoms with Gasteiger partial charge in [0.25, 0.3) is 0 Å². The van der Waals surface area contributed by atoms with Crippen LogP contribution in [0.5, 0.6) is 0 Å². The number of anilines is 2. The van der Waals surface area contributed by atoms with E-state index in [2.05, 4.69) is 23.6 Å². The summed E-state index contributed by atoms with van der Waals surface area (Å²) in [4.78, 5) is 0. The van der Waals surface area contributed by atoms with E-state index < -0.39 is 0 Å². The van der Waals surface area contributed by atoms with Gasteiger partial charge in [0.1, 0.15) is 6.07 Å². The van der Waals surface area contributed by atoms with Crippen LogP contribution in [0.15, 0.2) is 30.1 Å². The lowest BCUT2D eigenvalue weighted by Gasteiger charge is -2.30. The summed E-state index contributed by atoms with van der Waals surface area (Å²) < 4.78 is 0. The van der Waals surface area contributed by atoms with Gasteiger partial charge in [-0.05, 0) is 37.0 Å². The van der Waals surface area contributed by atoms with Crippen LogP contribution in [0.4, 0.5) is 11.4 Å². The van der Waals surface area contributed by atoms with Gasteiger partial charge < -0.3 is 22.1 Å². The molecule has 22 heavy (non-hydrogen) atoms. The molecule has 0 radical (unpaired) electrons. The summed E-state index contributed by atoms with van der Waals surface area (Å²) in [6.45, 7) is 2.60. The van der Waals surface area contributed by atoms with E-state index in [1.165, 1.54) is 31.9 Å². The Labute approximate surface area is 132 Å². The van der Waals surface area contributed by atoms with Crippen molar-refractivity contribution >= 4 is 11.4 Å². The Bertz CT molecular complexity index is 573. The molecule has 2 atom stereocenters. The minimum Gasteiger partial charge on any atom is -0.403 e. The third-order valence-corrected chi connectivity index (χ3v) is 4.32. The molecule has 1 aromatic carbocycles. The van der Waals surface area contributed by atoms with Crippen LogP contribution in [-0.2, 0) is 0 Å². The third kappa shape index (κ3) is 3.92. The molecule has 0 aromatic heterocycles. The minimum absolute atomic E-state index is 0.304. The van der Waals surface area contributed by atoms with Crippen molar-refractivity contribution < 1.29 is 0 Å². The van der Waals surface area contributed by atoms with Gasteiger partial charge in [0.05, 0.1) is 11.3 Å². The lowest BCUT2D eigenvalue weighted by Crippen LogP contribution is -2.30. The largest absolute Gasteiger partial charge is 0.403 e. The van der Waals surface area contributed by atoms with E-state index in [0.717, 1.165) is 11.4 Å². The molecule has 0 amide bonds. The number of nitrogens with one attached hydrogen (secondary N) is 2. The maximum Gasteiger partial charge on any atom is 0.101 e. The molecule has 0 bridgehead atoms. The normalized spacial score (nSPS) is 22.0. The van der Waals surface area contributed by atoms with Crippen molar-refractivity contribution in [3.8, 4) is 6.07 Å². The third-order valence-electron chi connectivity index (χ3n) is 4.32. The first kappa shape index (κ1) is 16.2. The highest BCUT2D eigenvalue weighted by atomic mass is 15.0. The zero-order valence-electron chi connectivity index (χ0n) is 13.1. The summed E-state index contributed by atoms with van der Waals surface area (Å²) in [5.74, 6) is 0.671. The second-order valence-electron chi connectivity index (χ2n) is 5.91. The molecule has 118 valence electrons. The molecule has 0 spiro atoms. The standard InChI is InChI=1S/C17H25N5/c1-12-4-2-3-5-16(12)21-14-7-6-13(9-18)17(8-14)22-15(10-19)11-20/h6-8,10,12,16,21-22H,2-5,11,19-20H2,1H3/b15-10+/t12-,16+/m0/s1. The van der Waals surface area contributed by atoms with Crippen molar-refractivity contribution in [1.82, 2.24) is 0 Å². The molecule has 0 aliphatic heterocycles. The molecule has 0 unspecified atom stereocenters. The number of nitriles is 1. The first-order valence-corrected chi connectivity index (χ1v) is 7.86. The molecule has 5 nitrogen and oxygen atoms in total. The number of benzene rings is 1. The van der Waals surface area contributed by atoms with Gasteiger partial charge >= 0.3 is 0 Å². The van der Waals surface area contributed by atoms with E-state index in [9.17, 15) is 5.26 Å². The average Bonchev–Trinajstić information content (AvgIpc) is 2.55. The molecule has 1 saturated carbocycles. The maximum absolute atomic E-state index is 9.24. The molecule has 0 saturated heterocycles. The van der Waals surface area contributed by atoms with Crippen LogP contribution in [0.3, 0.4) is 0 Å². The summed E-state index contributed by atoms with van der Waals surface area (Å²) in [5, 5.41) is 16.0. The zero-order chi connectivity index (χ0) is 15.9. The zero-order valence-corrected chi connectivity index (χ0v) is 13.1. The van der Waals surface area contributed by atoms with Gasteiger partial charge in [-0.15, -0.1) is 0 Å². The minimum atomic E-state index is 0.304. The lowest BCUT2D eigenvalue weighted by atomic mass is 9.86. The van der Waals surface area contributed by atoms with Gasteiger partial charge in [0, 0.05) is 30.2 Å². The van der Waals surface area contributed by atoms with Crippen LogP contribution < -0.4 is 22.1 Å². The van der Waals surface area contributed by atoms with Gasteiger partial charge in [-0.25, -0.2) is 0 Å². The Morgan fingerprint density at radius 1 is 1.41 bits per heavy atom. The van der Waals surface area contributed by atoms with Crippen LogP contribution in [0.2, 0.25) is 0 Å². The molecule has 1 aliphatic rings. The van der Waals surface area contributed by atoms with E-state index in [4.69, 9.17) is 11.5 Å². The molecule has 1 fully saturated rings. The van der Waals surface area contributed by atoms with Crippen LogP contribution >= 0.6 is 0 Å². The van der Waals surface area contributed by atoms with Gasteiger partial charge in [-0.3, -0.25) is 0 Å². The second-order valence-corrected chi connectivity index (χ2v) is 5.91. The van der Waals surface area contributed by atoms with Gasteiger partial charge in [0.2, 0.25) is 0 Å². The van der Waals surface area contributed by atoms with Crippen LogP contribution in [-0.4, -0.2) is 12.6 Å². The van der Waals surface area contributed by atoms with Crippen LogP contribution in [0.25, 0.3) is 0 Å². The number of nitrogens with two attached hydrogens (primary N) is 2. The van der Waals surface area contributed by atoms with E-state index in [-0.39, 0.29) is 0 Å². The SMILES string of the molecule is C[C@H]1CCCC[C@H]1Nc1ccc(C#N)c(N/C(=C/N)CN)c1. The Morgan fingerprint density at radius 2 is 2.18 bits per heavy atom. The highest BCUT2D eigenvalue weighted by Crippen LogP contribution is 2.28. The molecule has 5 heteroatoms. The Kier molecular flexibility index (Phi) is 5.68. The number of hydrogen-bond acceptors (Lipinski definition) is 5. The fourth-order valence-corrected chi connectivity index (χ4v) is 2.91. The van der Waals surface area contributed by atoms with E-state index in [1.807, 2.05) is 18.2 Å². The summed E-state index contributed by atoms with van der Waals surface area (Å²) in [7, 11) is 0. The quantitative estimate of drug-likeness (QED) is 0.670. The van der Waals surface area contributed by atoms with Crippen molar-refractivity contribution in [2.45, 2.75) is 38.6 Å². The van der Waals surface area contributed by atoms with Crippen molar-refractivity contribution in [2.75, 3.05) is 17.2 Å². The topological polar surface area (TPSA) is 99.9 Å². The fraction of sp³-hybridized carbons (Fsp3) is 0.471. The van der Waals surface area contributed by atoms with E-state index in [0.29, 0.717) is 29.8 Å². The Balaban J connectivity index is 2.17. The molecule has 1 aliphatic carbocycles. The summed E-state index contributed by atoms with van der Waals surface area (Å²) in [6.07, 6.45) is 6.49. The predicted molar refractivity (Wildman–Crippen MR) is 91.1 cm³/mol. The number of rotatable bonds is 5. The first-order chi connectivity index (χ1) is 10.7. The van der Waals surface area contributed by atoms with E-state index in [1.54, 1.807) is 0 Å². The summed E-state index contributed by atoms with van der Waals surface area (Å²) in [6, 6.07) is 8.42. The molecule has 2 rings (SSSR count). The second kappa shape index (κ2) is 7.71. The van der Waals surface area contributed by atoms with Crippen LogP contribution in [0.1, 0.15) is 38.2 Å². The Hall–Kier alpha value is -2.19. The number of nitrogens with zero attached hydrogens (tertiary/aromatic N) is 1. The van der Waals surface area contributed by atoms with E-state index >= 15 is 0 Å². The Morgan fingerprint density at radius 3 is 2.82 bits per heavy atom. The molecular weight excluding hydrogens is 274 g/mol. The van der Waals surface area contributed by atoms with Gasteiger partial charge in [-0.2, -0.15) is 5.26 Å². The smallest absolute Gasteiger partial charge is 0.101 e. The molecule has 0 heterocycles. The fourth-order valence-electron chi connectivity index (χ4n) is 2.91. The number of hydrogen-bond donors (Lipinski definition) is 4. The van der Waals surface area contributed by atoms with Gasteiger partial charge in [-0.1, -0.05) is 19.8 Å². The highest BCUT2D eigenvalue weighted by Gasteiger charge is 2.21. The first-order valence-electron chi connectivity index (χ1n) is 7.86. The summed E-state index contributed by atoms with van der Waals surface area (Å²) in [5.41, 5.74) is 14.2. The van der Waals surface area contributed by atoms with Crippen molar-refractivity contribution in [3.63, 3.8) is 0 Å². The van der Waals surface area contributed by atoms with Crippen molar-refractivity contribution in [3.05, 3.63) is 35.7 Å². The lowest BCUT2D eigenvalue weighted by molar-refractivity contribution is 0.349. The van der Waals surface area contributed by atoms with Crippen LogP contribution in [0, 0.1) is 17.2 Å². The molecule has 1 aromatic rings. The highest BCUT2D eigenvalue weighted by molar-refractivity contribution is 5.67. The molecule has 6 N–H and O–H groups in total. The summed E-state index contributed by atoms with van der Waals surface area (Å²) >= 11 is 0. The predicted octanol–water partition coefficient (Wildman–Crippen LogP) is 2.72. The average molecular weight is 299 g/mol. The van der Waals surface area contributed by atoms with Crippen molar-refractivity contribution in [1.29, 1.82) is 5.26 Å². The van der Waals surface area contributed by atoms with Crippen molar-refractivity contribution in [2.24, 2.45) is 17.4 Å². The molecular formula is C17H25N5. The van der Waals surface area contributed by atoms with Gasteiger partial charge in [0.15, 0.2) is 0 Å².